The van der Waals surface area contributed by atoms with Crippen LogP contribution < -0.4 is 0 Å². The van der Waals surface area contributed by atoms with Gasteiger partial charge in [0, 0.05) is 30.1 Å². The lowest BCUT2D eigenvalue weighted by Crippen LogP contribution is -2.45. The Morgan fingerprint density at radius 3 is 2.26 bits per heavy atom. The standard InChI is InChI=1S/C32H31FN2O3S/c33-28-16-10-24(11-17-28)20-34(22-30-9-5-19-39-30)31(36)23-35(21-29-8-4-18-38-29)32(37)27-14-12-26(13-15-27)25-6-2-1-3-7-25/h1-3,5-7,9-17,19,29H,4,8,18,20-23H2. The van der Waals surface area contributed by atoms with E-state index >= 15 is 0 Å². The summed E-state index contributed by atoms with van der Waals surface area (Å²) in [6.45, 7) is 1.70. The van der Waals surface area contributed by atoms with E-state index in [1.165, 1.54) is 12.1 Å². The molecule has 5 nitrogen and oxygen atoms in total. The van der Waals surface area contributed by atoms with Gasteiger partial charge in [-0.3, -0.25) is 9.59 Å². The number of benzene rings is 3. The van der Waals surface area contributed by atoms with Crippen LogP contribution in [0.1, 0.15) is 33.6 Å². The van der Waals surface area contributed by atoms with E-state index in [9.17, 15) is 14.0 Å². The molecule has 7 heteroatoms. The normalized spacial score (nSPS) is 14.7. The lowest BCUT2D eigenvalue weighted by Gasteiger charge is -2.29. The minimum Gasteiger partial charge on any atom is -0.376 e. The van der Waals surface area contributed by atoms with Gasteiger partial charge in [0.05, 0.1) is 12.6 Å². The van der Waals surface area contributed by atoms with Crippen molar-refractivity contribution >= 4 is 23.2 Å². The van der Waals surface area contributed by atoms with Crippen molar-refractivity contribution in [2.45, 2.75) is 32.0 Å². The van der Waals surface area contributed by atoms with Crippen molar-refractivity contribution < 1.29 is 18.7 Å². The lowest BCUT2D eigenvalue weighted by atomic mass is 10.0. The Balaban J connectivity index is 1.35. The Hall–Kier alpha value is -3.81. The number of carbonyl (C=O) groups excluding carboxylic acids is 2. The molecule has 1 aromatic heterocycles. The second-order valence-corrected chi connectivity index (χ2v) is 10.8. The van der Waals surface area contributed by atoms with Crippen LogP contribution in [0.3, 0.4) is 0 Å². The Bertz CT molecular complexity index is 1350. The molecule has 1 atom stereocenters. The largest absolute Gasteiger partial charge is 0.376 e. The molecule has 1 saturated heterocycles. The van der Waals surface area contributed by atoms with E-state index in [-0.39, 0.29) is 30.3 Å². The van der Waals surface area contributed by atoms with Crippen molar-refractivity contribution in [1.29, 1.82) is 0 Å². The molecular formula is C32H31FN2O3S. The van der Waals surface area contributed by atoms with Gasteiger partial charge in [-0.2, -0.15) is 0 Å². The molecule has 4 aromatic rings. The SMILES string of the molecule is O=C(CN(CC1CCCO1)C(=O)c1ccc(-c2ccccc2)cc1)N(Cc1ccc(F)cc1)Cc1cccs1. The number of rotatable bonds is 10. The summed E-state index contributed by atoms with van der Waals surface area (Å²) >= 11 is 1.57. The van der Waals surface area contributed by atoms with Gasteiger partial charge in [0.1, 0.15) is 12.4 Å². The maximum absolute atomic E-state index is 13.7. The van der Waals surface area contributed by atoms with E-state index in [4.69, 9.17) is 4.74 Å². The Morgan fingerprint density at radius 2 is 1.59 bits per heavy atom. The molecule has 0 saturated carbocycles. The average Bonchev–Trinajstić information content (AvgIpc) is 3.68. The summed E-state index contributed by atoms with van der Waals surface area (Å²) in [6.07, 6.45) is 1.72. The fourth-order valence-corrected chi connectivity index (χ4v) is 5.49. The van der Waals surface area contributed by atoms with E-state index in [1.807, 2.05) is 72.1 Å². The zero-order valence-electron chi connectivity index (χ0n) is 21.7. The lowest BCUT2D eigenvalue weighted by molar-refractivity contribution is -0.133. The van der Waals surface area contributed by atoms with Gasteiger partial charge in [-0.05, 0) is 65.2 Å². The summed E-state index contributed by atoms with van der Waals surface area (Å²) in [5.74, 6) is -0.683. The Kier molecular flexibility index (Phi) is 8.81. The monoisotopic (exact) mass is 542 g/mol. The number of hydrogen-bond acceptors (Lipinski definition) is 4. The molecule has 1 fully saturated rings. The van der Waals surface area contributed by atoms with Crippen LogP contribution in [-0.4, -0.2) is 47.4 Å². The number of amides is 2. The third kappa shape index (κ3) is 7.19. The van der Waals surface area contributed by atoms with Crippen molar-refractivity contribution in [3.05, 3.63) is 118 Å². The van der Waals surface area contributed by atoms with E-state index < -0.39 is 0 Å². The molecule has 0 spiro atoms. The maximum Gasteiger partial charge on any atom is 0.254 e. The van der Waals surface area contributed by atoms with Crippen LogP contribution in [0.2, 0.25) is 0 Å². The summed E-state index contributed by atoms with van der Waals surface area (Å²) in [6, 6.07) is 27.6. The quantitative estimate of drug-likeness (QED) is 0.233. The second-order valence-electron chi connectivity index (χ2n) is 9.72. The first-order chi connectivity index (χ1) is 19.0. The zero-order valence-corrected chi connectivity index (χ0v) is 22.5. The highest BCUT2D eigenvalue weighted by molar-refractivity contribution is 7.09. The molecule has 0 N–H and O–H groups in total. The van der Waals surface area contributed by atoms with Crippen molar-refractivity contribution in [1.82, 2.24) is 9.80 Å². The van der Waals surface area contributed by atoms with Gasteiger partial charge in [0.2, 0.25) is 5.91 Å². The molecule has 2 amide bonds. The average molecular weight is 543 g/mol. The molecule has 5 rings (SSSR count). The smallest absolute Gasteiger partial charge is 0.254 e. The number of ether oxygens (including phenoxy) is 1. The second kappa shape index (κ2) is 12.8. The van der Waals surface area contributed by atoms with Crippen LogP contribution >= 0.6 is 11.3 Å². The molecule has 1 unspecified atom stereocenters. The first-order valence-corrected chi connectivity index (χ1v) is 14.0. The van der Waals surface area contributed by atoms with Crippen molar-refractivity contribution in [3.8, 4) is 11.1 Å². The minimum absolute atomic E-state index is 0.0638. The summed E-state index contributed by atoms with van der Waals surface area (Å²) in [5, 5.41) is 1.97. The molecule has 3 aromatic carbocycles. The van der Waals surface area contributed by atoms with Gasteiger partial charge in [-0.15, -0.1) is 11.3 Å². The number of thiophene rings is 1. The maximum atomic E-state index is 13.7. The summed E-state index contributed by atoms with van der Waals surface area (Å²) in [4.78, 5) is 31.8. The Morgan fingerprint density at radius 1 is 0.846 bits per heavy atom. The molecule has 39 heavy (non-hydrogen) atoms. The molecule has 0 radical (unpaired) electrons. The highest BCUT2D eigenvalue weighted by Crippen LogP contribution is 2.22. The molecular weight excluding hydrogens is 511 g/mol. The molecule has 0 bridgehead atoms. The predicted molar refractivity (Wildman–Crippen MR) is 152 cm³/mol. The highest BCUT2D eigenvalue weighted by atomic mass is 32.1. The van der Waals surface area contributed by atoms with E-state index in [0.29, 0.717) is 31.8 Å². The van der Waals surface area contributed by atoms with E-state index in [1.54, 1.807) is 33.3 Å². The van der Waals surface area contributed by atoms with Crippen LogP contribution in [0.25, 0.3) is 11.1 Å². The Labute approximate surface area is 232 Å². The number of halogens is 1. The molecule has 1 aliphatic heterocycles. The van der Waals surface area contributed by atoms with E-state index in [2.05, 4.69) is 0 Å². The minimum atomic E-state index is -0.318. The van der Waals surface area contributed by atoms with Crippen LogP contribution in [0.4, 0.5) is 4.39 Å². The van der Waals surface area contributed by atoms with Gasteiger partial charge in [-0.25, -0.2) is 4.39 Å². The molecule has 2 heterocycles. The van der Waals surface area contributed by atoms with Crippen molar-refractivity contribution in [2.75, 3.05) is 19.7 Å². The topological polar surface area (TPSA) is 49.9 Å². The number of hydrogen-bond donors (Lipinski definition) is 0. The van der Waals surface area contributed by atoms with Gasteiger partial charge >= 0.3 is 0 Å². The van der Waals surface area contributed by atoms with Gasteiger partial charge in [-0.1, -0.05) is 60.7 Å². The van der Waals surface area contributed by atoms with Crippen LogP contribution in [0.15, 0.2) is 96.4 Å². The fraction of sp³-hybridized carbons (Fsp3) is 0.250. The molecule has 1 aliphatic rings. The third-order valence-electron chi connectivity index (χ3n) is 6.87. The first kappa shape index (κ1) is 26.8. The van der Waals surface area contributed by atoms with Gasteiger partial charge in [0.15, 0.2) is 0 Å². The predicted octanol–water partition coefficient (Wildman–Crippen LogP) is 6.40. The summed E-state index contributed by atoms with van der Waals surface area (Å²) in [7, 11) is 0. The van der Waals surface area contributed by atoms with Crippen molar-refractivity contribution in [3.63, 3.8) is 0 Å². The summed E-state index contributed by atoms with van der Waals surface area (Å²) in [5.41, 5.74) is 3.46. The first-order valence-electron chi connectivity index (χ1n) is 13.2. The van der Waals surface area contributed by atoms with Gasteiger partial charge in [0.25, 0.3) is 5.91 Å². The number of nitrogens with zero attached hydrogens (tertiary/aromatic N) is 2. The summed E-state index contributed by atoms with van der Waals surface area (Å²) < 4.78 is 19.3. The van der Waals surface area contributed by atoms with Crippen molar-refractivity contribution in [2.24, 2.45) is 0 Å². The number of carbonyl (C=O) groups is 2. The van der Waals surface area contributed by atoms with Crippen LogP contribution in [0, 0.1) is 5.82 Å². The fourth-order valence-electron chi connectivity index (χ4n) is 4.77. The molecule has 200 valence electrons. The zero-order chi connectivity index (χ0) is 27.0. The molecule has 0 aliphatic carbocycles. The van der Waals surface area contributed by atoms with Gasteiger partial charge < -0.3 is 14.5 Å². The highest BCUT2D eigenvalue weighted by Gasteiger charge is 2.27. The van der Waals surface area contributed by atoms with Crippen LogP contribution in [0.5, 0.6) is 0 Å². The third-order valence-corrected chi connectivity index (χ3v) is 7.73. The van der Waals surface area contributed by atoms with E-state index in [0.717, 1.165) is 34.4 Å². The van der Waals surface area contributed by atoms with Crippen LogP contribution in [-0.2, 0) is 22.6 Å².